The van der Waals surface area contributed by atoms with Gasteiger partial charge in [0.25, 0.3) is 5.91 Å². The molecule has 1 heterocycles. The van der Waals surface area contributed by atoms with Gasteiger partial charge in [-0.15, -0.1) is 0 Å². The van der Waals surface area contributed by atoms with E-state index in [-0.39, 0.29) is 17.2 Å². The van der Waals surface area contributed by atoms with Gasteiger partial charge in [-0.3, -0.25) is 4.79 Å². The summed E-state index contributed by atoms with van der Waals surface area (Å²) in [5.41, 5.74) is 0.879. The lowest BCUT2D eigenvalue weighted by Crippen LogP contribution is -2.45. The summed E-state index contributed by atoms with van der Waals surface area (Å²) in [4.78, 5) is 23.7. The molecule has 1 amide bonds. The van der Waals surface area contributed by atoms with E-state index in [0.29, 0.717) is 12.1 Å². The Kier molecular flexibility index (Phi) is 5.33. The summed E-state index contributed by atoms with van der Waals surface area (Å²) in [6.45, 7) is 5.25. The summed E-state index contributed by atoms with van der Waals surface area (Å²) in [7, 11) is 0. The predicted octanol–water partition coefficient (Wildman–Crippen LogP) is 2.55. The molecule has 1 aromatic heterocycles. The average Bonchev–Trinajstić information content (AvgIpc) is 2.93. The van der Waals surface area contributed by atoms with Gasteiger partial charge in [0.15, 0.2) is 0 Å². The number of halogens is 1. The Morgan fingerprint density at radius 2 is 2.04 bits per heavy atom. The molecule has 0 bridgehead atoms. The molecule has 2 rings (SSSR count). The number of benzene rings is 1. The van der Waals surface area contributed by atoms with E-state index in [1.807, 2.05) is 6.92 Å². The minimum absolute atomic E-state index is 0.214. The Hall–Kier alpha value is -2.70. The van der Waals surface area contributed by atoms with Gasteiger partial charge in [0.2, 0.25) is 0 Å². The summed E-state index contributed by atoms with van der Waals surface area (Å²) in [5, 5.41) is 15.8. The highest BCUT2D eigenvalue weighted by Crippen LogP contribution is 2.17. The fourth-order valence-corrected chi connectivity index (χ4v) is 2.40. The molecular weight excluding hydrogens is 313 g/mol. The largest absolute Gasteiger partial charge is 0.480 e. The Morgan fingerprint density at radius 1 is 1.38 bits per heavy atom. The van der Waals surface area contributed by atoms with Gasteiger partial charge >= 0.3 is 5.97 Å². The van der Waals surface area contributed by atoms with Crippen molar-refractivity contribution in [3.05, 3.63) is 47.5 Å². The van der Waals surface area contributed by atoms with Crippen molar-refractivity contribution in [3.8, 4) is 5.69 Å². The van der Waals surface area contributed by atoms with Crippen molar-refractivity contribution in [2.45, 2.75) is 33.2 Å². The number of rotatable bonds is 6. The van der Waals surface area contributed by atoms with Crippen LogP contribution >= 0.6 is 0 Å². The van der Waals surface area contributed by atoms with Gasteiger partial charge in [0.1, 0.15) is 17.5 Å². The second kappa shape index (κ2) is 7.25. The number of carbonyl (C=O) groups excluding carboxylic acids is 1. The van der Waals surface area contributed by atoms with Crippen molar-refractivity contribution >= 4 is 11.9 Å². The summed E-state index contributed by atoms with van der Waals surface area (Å²) in [5.74, 6) is -2.30. The van der Waals surface area contributed by atoms with Crippen molar-refractivity contribution in [1.29, 1.82) is 0 Å². The van der Waals surface area contributed by atoms with Crippen LogP contribution in [0.4, 0.5) is 4.39 Å². The first-order valence-electron chi connectivity index (χ1n) is 7.70. The number of hydrogen-bond donors (Lipinski definition) is 2. The van der Waals surface area contributed by atoms with Crippen LogP contribution in [0.25, 0.3) is 5.69 Å². The molecule has 0 saturated heterocycles. The first kappa shape index (κ1) is 17.7. The summed E-state index contributed by atoms with van der Waals surface area (Å²) >= 11 is 0. The number of carboxylic acid groups (broad SMARTS) is 1. The first-order chi connectivity index (χ1) is 11.4. The zero-order chi connectivity index (χ0) is 17.9. The van der Waals surface area contributed by atoms with Crippen LogP contribution < -0.4 is 5.32 Å². The molecule has 6 nitrogen and oxygen atoms in total. The molecule has 0 fully saturated rings. The predicted molar refractivity (Wildman–Crippen MR) is 86.6 cm³/mol. The number of para-hydroxylation sites is 1. The van der Waals surface area contributed by atoms with Gasteiger partial charge < -0.3 is 10.4 Å². The van der Waals surface area contributed by atoms with Crippen molar-refractivity contribution in [1.82, 2.24) is 15.1 Å². The number of carboxylic acids is 1. The molecule has 0 aliphatic heterocycles. The third kappa shape index (κ3) is 3.45. The highest BCUT2D eigenvalue weighted by Gasteiger charge is 2.27. The van der Waals surface area contributed by atoms with E-state index in [1.54, 1.807) is 32.0 Å². The summed E-state index contributed by atoms with van der Waals surface area (Å²) in [6, 6.07) is 5.10. The van der Waals surface area contributed by atoms with Crippen LogP contribution in [0.3, 0.4) is 0 Å². The van der Waals surface area contributed by atoms with E-state index >= 15 is 0 Å². The quantitative estimate of drug-likeness (QED) is 0.851. The third-order valence-electron chi connectivity index (χ3n) is 4.10. The highest BCUT2D eigenvalue weighted by atomic mass is 19.1. The second-order valence-electron chi connectivity index (χ2n) is 5.68. The molecule has 2 aromatic rings. The normalized spacial score (nSPS) is 13.3. The standard InChI is InChI=1S/C17H20FN3O3/c1-4-10(2)15(17(23)24)20-16(22)12-9-19-21(11(12)3)14-8-6-5-7-13(14)18/h5-10,15H,4H2,1-3H3,(H,20,22)(H,23,24). The molecule has 0 saturated carbocycles. The Labute approximate surface area is 139 Å². The van der Waals surface area contributed by atoms with Crippen LogP contribution in [-0.2, 0) is 4.79 Å². The maximum Gasteiger partial charge on any atom is 0.326 e. The van der Waals surface area contributed by atoms with E-state index < -0.39 is 23.7 Å². The van der Waals surface area contributed by atoms with Crippen LogP contribution in [-0.4, -0.2) is 32.8 Å². The molecule has 24 heavy (non-hydrogen) atoms. The van der Waals surface area contributed by atoms with Gasteiger partial charge in [-0.1, -0.05) is 32.4 Å². The van der Waals surface area contributed by atoms with Crippen LogP contribution in [0.5, 0.6) is 0 Å². The minimum Gasteiger partial charge on any atom is -0.480 e. The lowest BCUT2D eigenvalue weighted by molar-refractivity contribution is -0.140. The lowest BCUT2D eigenvalue weighted by atomic mass is 9.99. The Morgan fingerprint density at radius 3 is 2.62 bits per heavy atom. The molecule has 0 aliphatic carbocycles. The van der Waals surface area contributed by atoms with Gasteiger partial charge in [-0.2, -0.15) is 5.10 Å². The van der Waals surface area contributed by atoms with Crippen LogP contribution in [0.1, 0.15) is 36.3 Å². The van der Waals surface area contributed by atoms with Crippen LogP contribution in [0, 0.1) is 18.7 Å². The van der Waals surface area contributed by atoms with Crippen molar-refractivity contribution < 1.29 is 19.1 Å². The molecule has 0 radical (unpaired) electrons. The number of amides is 1. The molecule has 0 aliphatic rings. The minimum atomic E-state index is -1.09. The summed E-state index contributed by atoms with van der Waals surface area (Å²) in [6.07, 6.45) is 1.93. The number of nitrogens with zero attached hydrogens (tertiary/aromatic N) is 2. The zero-order valence-electron chi connectivity index (χ0n) is 13.8. The SMILES string of the molecule is CCC(C)C(NC(=O)c1cnn(-c2ccccc2F)c1C)C(=O)O. The molecule has 2 N–H and O–H groups in total. The van der Waals surface area contributed by atoms with Crippen LogP contribution in [0.15, 0.2) is 30.5 Å². The van der Waals surface area contributed by atoms with Crippen molar-refractivity contribution in [2.75, 3.05) is 0 Å². The van der Waals surface area contributed by atoms with Gasteiger partial charge in [-0.25, -0.2) is 13.9 Å². The maximum absolute atomic E-state index is 13.9. The van der Waals surface area contributed by atoms with Crippen LogP contribution in [0.2, 0.25) is 0 Å². The number of aliphatic carboxylic acids is 1. The second-order valence-corrected chi connectivity index (χ2v) is 5.68. The molecule has 0 spiro atoms. The summed E-state index contributed by atoms with van der Waals surface area (Å²) < 4.78 is 15.2. The number of nitrogens with one attached hydrogen (secondary N) is 1. The zero-order valence-corrected chi connectivity index (χ0v) is 13.8. The highest BCUT2D eigenvalue weighted by molar-refractivity contribution is 5.97. The molecular formula is C17H20FN3O3. The molecule has 7 heteroatoms. The van der Waals surface area contributed by atoms with E-state index in [9.17, 15) is 19.1 Å². The van der Waals surface area contributed by atoms with Gasteiger partial charge in [-0.05, 0) is 25.0 Å². The molecule has 128 valence electrons. The van der Waals surface area contributed by atoms with Crippen molar-refractivity contribution in [2.24, 2.45) is 5.92 Å². The van der Waals surface area contributed by atoms with Gasteiger partial charge in [0.05, 0.1) is 17.5 Å². The van der Waals surface area contributed by atoms with Gasteiger partial charge in [0, 0.05) is 0 Å². The van der Waals surface area contributed by atoms with E-state index in [1.165, 1.54) is 16.9 Å². The molecule has 2 atom stereocenters. The fourth-order valence-electron chi connectivity index (χ4n) is 2.40. The fraction of sp³-hybridized carbons (Fsp3) is 0.353. The molecule has 2 unspecified atom stereocenters. The Balaban J connectivity index is 2.29. The number of hydrogen-bond acceptors (Lipinski definition) is 3. The first-order valence-corrected chi connectivity index (χ1v) is 7.70. The van der Waals surface area contributed by atoms with E-state index in [2.05, 4.69) is 10.4 Å². The smallest absolute Gasteiger partial charge is 0.326 e. The average molecular weight is 333 g/mol. The number of carbonyl (C=O) groups is 2. The van der Waals surface area contributed by atoms with E-state index in [0.717, 1.165) is 0 Å². The lowest BCUT2D eigenvalue weighted by Gasteiger charge is -2.20. The Bertz CT molecular complexity index is 757. The monoisotopic (exact) mass is 333 g/mol. The third-order valence-corrected chi connectivity index (χ3v) is 4.10. The topological polar surface area (TPSA) is 84.2 Å². The van der Waals surface area contributed by atoms with Crippen molar-refractivity contribution in [3.63, 3.8) is 0 Å². The molecule has 1 aromatic carbocycles. The number of aromatic nitrogens is 2. The van der Waals surface area contributed by atoms with E-state index in [4.69, 9.17) is 0 Å². The maximum atomic E-state index is 13.9.